The Balaban J connectivity index is 2.49. The normalized spacial score (nSPS) is 27.5. The van der Waals surface area contributed by atoms with Gasteiger partial charge in [-0.3, -0.25) is 4.90 Å². The van der Waals surface area contributed by atoms with E-state index in [2.05, 4.69) is 29.1 Å². The molecule has 13 heavy (non-hydrogen) atoms. The highest BCUT2D eigenvalue weighted by Crippen LogP contribution is 2.07. The SMILES string of the molecule is CCN1CCCN(C)CC1CNC. The van der Waals surface area contributed by atoms with Gasteiger partial charge in [0.05, 0.1) is 0 Å². The summed E-state index contributed by atoms with van der Waals surface area (Å²) in [4.78, 5) is 5.03. The minimum atomic E-state index is 0.697. The van der Waals surface area contributed by atoms with Crippen LogP contribution in [0.1, 0.15) is 13.3 Å². The molecule has 1 saturated heterocycles. The summed E-state index contributed by atoms with van der Waals surface area (Å²) in [6.07, 6.45) is 1.31. The van der Waals surface area contributed by atoms with Crippen molar-refractivity contribution in [3.63, 3.8) is 0 Å². The van der Waals surface area contributed by atoms with Gasteiger partial charge in [0.15, 0.2) is 0 Å². The molecule has 0 bridgehead atoms. The van der Waals surface area contributed by atoms with Gasteiger partial charge in [0, 0.05) is 19.1 Å². The van der Waals surface area contributed by atoms with Crippen LogP contribution < -0.4 is 5.32 Å². The summed E-state index contributed by atoms with van der Waals surface area (Å²) < 4.78 is 0. The summed E-state index contributed by atoms with van der Waals surface area (Å²) in [5.74, 6) is 0. The summed E-state index contributed by atoms with van der Waals surface area (Å²) in [5, 5.41) is 3.28. The molecule has 0 aromatic rings. The van der Waals surface area contributed by atoms with Crippen LogP contribution in [0.3, 0.4) is 0 Å². The lowest BCUT2D eigenvalue weighted by atomic mass is 10.2. The van der Waals surface area contributed by atoms with E-state index >= 15 is 0 Å². The van der Waals surface area contributed by atoms with Crippen molar-refractivity contribution in [1.82, 2.24) is 15.1 Å². The minimum Gasteiger partial charge on any atom is -0.318 e. The molecule has 0 spiro atoms. The van der Waals surface area contributed by atoms with Crippen LogP contribution in [0.2, 0.25) is 0 Å². The van der Waals surface area contributed by atoms with Crippen LogP contribution in [0.25, 0.3) is 0 Å². The predicted molar refractivity (Wildman–Crippen MR) is 57.1 cm³/mol. The lowest BCUT2D eigenvalue weighted by Crippen LogP contribution is -2.45. The molecule has 1 heterocycles. The van der Waals surface area contributed by atoms with Gasteiger partial charge in [0.1, 0.15) is 0 Å². The molecule has 1 aliphatic rings. The van der Waals surface area contributed by atoms with Crippen LogP contribution in [0.15, 0.2) is 0 Å². The van der Waals surface area contributed by atoms with Crippen molar-refractivity contribution in [3.05, 3.63) is 0 Å². The van der Waals surface area contributed by atoms with Crippen LogP contribution in [0, 0.1) is 0 Å². The van der Waals surface area contributed by atoms with Crippen LogP contribution >= 0.6 is 0 Å². The van der Waals surface area contributed by atoms with E-state index in [1.165, 1.54) is 32.6 Å². The zero-order valence-corrected chi connectivity index (χ0v) is 9.21. The van der Waals surface area contributed by atoms with E-state index in [-0.39, 0.29) is 0 Å². The second-order valence-electron chi connectivity index (χ2n) is 3.96. The number of rotatable bonds is 3. The monoisotopic (exact) mass is 185 g/mol. The fourth-order valence-corrected chi connectivity index (χ4v) is 2.14. The molecule has 78 valence electrons. The van der Waals surface area contributed by atoms with Gasteiger partial charge >= 0.3 is 0 Å². The molecule has 0 aromatic heterocycles. The molecule has 1 unspecified atom stereocenters. The van der Waals surface area contributed by atoms with E-state index in [4.69, 9.17) is 0 Å². The van der Waals surface area contributed by atoms with Crippen molar-refractivity contribution in [1.29, 1.82) is 0 Å². The van der Waals surface area contributed by atoms with Crippen LogP contribution in [0.5, 0.6) is 0 Å². The zero-order chi connectivity index (χ0) is 9.68. The molecule has 3 heteroatoms. The molecule has 0 aromatic carbocycles. The average Bonchev–Trinajstić information content (AvgIpc) is 2.28. The first-order valence-electron chi connectivity index (χ1n) is 5.35. The molecule has 0 aliphatic carbocycles. The first-order chi connectivity index (χ1) is 6.27. The van der Waals surface area contributed by atoms with Crippen LogP contribution in [-0.4, -0.2) is 62.7 Å². The van der Waals surface area contributed by atoms with Gasteiger partial charge in [-0.25, -0.2) is 0 Å². The van der Waals surface area contributed by atoms with E-state index < -0.39 is 0 Å². The summed E-state index contributed by atoms with van der Waals surface area (Å²) in [7, 11) is 4.26. The predicted octanol–water partition coefficient (Wildman–Crippen LogP) is 0.232. The summed E-state index contributed by atoms with van der Waals surface area (Å²) >= 11 is 0. The second kappa shape index (κ2) is 5.58. The van der Waals surface area contributed by atoms with Crippen molar-refractivity contribution in [2.24, 2.45) is 0 Å². The van der Waals surface area contributed by atoms with Crippen LogP contribution in [0.4, 0.5) is 0 Å². The van der Waals surface area contributed by atoms with Crippen molar-refractivity contribution in [2.75, 3.05) is 46.8 Å². The maximum absolute atomic E-state index is 3.28. The van der Waals surface area contributed by atoms with E-state index in [9.17, 15) is 0 Å². The van der Waals surface area contributed by atoms with Gasteiger partial charge in [0.25, 0.3) is 0 Å². The van der Waals surface area contributed by atoms with Crippen LogP contribution in [-0.2, 0) is 0 Å². The first kappa shape index (κ1) is 11.0. The smallest absolute Gasteiger partial charge is 0.0347 e. The summed E-state index contributed by atoms with van der Waals surface area (Å²) in [6.45, 7) is 8.25. The molecule has 1 aliphatic heterocycles. The molecule has 1 rings (SSSR count). The average molecular weight is 185 g/mol. The molecular weight excluding hydrogens is 162 g/mol. The Kier molecular flexibility index (Phi) is 4.70. The van der Waals surface area contributed by atoms with Gasteiger partial charge < -0.3 is 10.2 Å². The number of nitrogens with one attached hydrogen (secondary N) is 1. The lowest BCUT2D eigenvalue weighted by Gasteiger charge is -2.29. The molecule has 1 N–H and O–H groups in total. The van der Waals surface area contributed by atoms with E-state index in [0.717, 1.165) is 6.54 Å². The van der Waals surface area contributed by atoms with E-state index in [1.54, 1.807) is 0 Å². The summed E-state index contributed by atoms with van der Waals surface area (Å²) in [5.41, 5.74) is 0. The maximum atomic E-state index is 3.28. The fraction of sp³-hybridized carbons (Fsp3) is 1.00. The lowest BCUT2D eigenvalue weighted by molar-refractivity contribution is 0.195. The Bertz CT molecular complexity index is 138. The Morgan fingerprint density at radius 2 is 2.15 bits per heavy atom. The third kappa shape index (κ3) is 3.25. The Hall–Kier alpha value is -0.120. The second-order valence-corrected chi connectivity index (χ2v) is 3.96. The van der Waals surface area contributed by atoms with Crippen molar-refractivity contribution < 1.29 is 0 Å². The van der Waals surface area contributed by atoms with Gasteiger partial charge in [-0.05, 0) is 40.2 Å². The van der Waals surface area contributed by atoms with Gasteiger partial charge in [-0.15, -0.1) is 0 Å². The van der Waals surface area contributed by atoms with Gasteiger partial charge in [0.2, 0.25) is 0 Å². The van der Waals surface area contributed by atoms with Crippen molar-refractivity contribution >= 4 is 0 Å². The first-order valence-corrected chi connectivity index (χ1v) is 5.35. The highest BCUT2D eigenvalue weighted by atomic mass is 15.2. The van der Waals surface area contributed by atoms with Crippen molar-refractivity contribution in [3.8, 4) is 0 Å². The third-order valence-electron chi connectivity index (χ3n) is 2.87. The van der Waals surface area contributed by atoms with E-state index in [1.807, 2.05) is 7.05 Å². The molecule has 1 fully saturated rings. The Morgan fingerprint density at radius 1 is 1.38 bits per heavy atom. The molecule has 0 saturated carbocycles. The molecular formula is C10H23N3. The third-order valence-corrected chi connectivity index (χ3v) is 2.87. The summed E-state index contributed by atoms with van der Waals surface area (Å²) in [6, 6.07) is 0.697. The molecule has 3 nitrogen and oxygen atoms in total. The highest BCUT2D eigenvalue weighted by Gasteiger charge is 2.20. The maximum Gasteiger partial charge on any atom is 0.0347 e. The fourth-order valence-electron chi connectivity index (χ4n) is 2.14. The topological polar surface area (TPSA) is 18.5 Å². The van der Waals surface area contributed by atoms with Gasteiger partial charge in [-0.2, -0.15) is 0 Å². The standard InChI is InChI=1S/C10H23N3/c1-4-13-7-5-6-12(3)9-10(13)8-11-2/h10-11H,4-9H2,1-3H3. The minimum absolute atomic E-state index is 0.697. The Morgan fingerprint density at radius 3 is 2.77 bits per heavy atom. The molecule has 1 atom stereocenters. The number of nitrogens with zero attached hydrogens (tertiary/aromatic N) is 2. The molecule has 0 radical (unpaired) electrons. The van der Waals surface area contributed by atoms with Crippen molar-refractivity contribution in [2.45, 2.75) is 19.4 Å². The number of hydrogen-bond donors (Lipinski definition) is 1. The largest absolute Gasteiger partial charge is 0.318 e. The van der Waals surface area contributed by atoms with E-state index in [0.29, 0.717) is 6.04 Å². The molecule has 0 amide bonds. The number of hydrogen-bond acceptors (Lipinski definition) is 3. The number of likely N-dealkylation sites (N-methyl/N-ethyl adjacent to an activating group) is 3. The van der Waals surface area contributed by atoms with Gasteiger partial charge in [-0.1, -0.05) is 6.92 Å². The quantitative estimate of drug-likeness (QED) is 0.679. The zero-order valence-electron chi connectivity index (χ0n) is 9.21. The Labute approximate surface area is 82.1 Å². The highest BCUT2D eigenvalue weighted by molar-refractivity contribution is 4.79.